The van der Waals surface area contributed by atoms with Gasteiger partial charge < -0.3 is 4.74 Å². The maximum Gasteiger partial charge on any atom is 0.119 e. The molecule has 1 aromatic rings. The Kier molecular flexibility index (Phi) is 8.75. The molecule has 0 aliphatic carbocycles. The van der Waals surface area contributed by atoms with Gasteiger partial charge in [0.25, 0.3) is 0 Å². The van der Waals surface area contributed by atoms with Crippen LogP contribution in [0.5, 0.6) is 5.75 Å². The fourth-order valence-corrected chi connectivity index (χ4v) is 0.824. The second-order valence-corrected chi connectivity index (χ2v) is 3.99. The quantitative estimate of drug-likeness (QED) is 0.496. The Morgan fingerprint density at radius 3 is 2.38 bits per heavy atom. The minimum absolute atomic E-state index is 0.850. The van der Waals surface area contributed by atoms with Crippen molar-refractivity contribution in [3.63, 3.8) is 0 Å². The van der Waals surface area contributed by atoms with Gasteiger partial charge in [-0.1, -0.05) is 35.6 Å². The zero-order valence-corrected chi connectivity index (χ0v) is 11.0. The topological polar surface area (TPSA) is 9.23 Å². The summed E-state index contributed by atoms with van der Waals surface area (Å²) in [6.45, 7) is 2.17. The molecule has 0 N–H and O–H groups in total. The van der Waals surface area contributed by atoms with Gasteiger partial charge in [0.2, 0.25) is 0 Å². The molecule has 0 aliphatic heterocycles. The number of halogens is 1. The monoisotopic (exact) mass is 310 g/mol. The molecule has 0 saturated heterocycles. The van der Waals surface area contributed by atoms with Crippen LogP contribution in [0.3, 0.4) is 0 Å². The van der Waals surface area contributed by atoms with Crippen molar-refractivity contribution in [3.8, 4) is 5.75 Å². The molecular weight excluding hydrogens is 295 g/mol. The maximum absolute atomic E-state index is 4.95. The smallest absolute Gasteiger partial charge is 0.119 e. The Hall–Kier alpha value is 0.100. The lowest BCUT2D eigenvalue weighted by atomic mass is 10.3. The molecule has 1 aromatic carbocycles. The number of ether oxygens (including phenoxy) is 1. The van der Waals surface area contributed by atoms with Gasteiger partial charge in [-0.2, -0.15) is 0 Å². The average molecular weight is 310 g/mol. The lowest BCUT2D eigenvalue weighted by Crippen LogP contribution is -1.80. The second-order valence-electron chi connectivity index (χ2n) is 2.39. The van der Waals surface area contributed by atoms with Crippen LogP contribution in [0.1, 0.15) is 13.3 Å². The summed E-state index contributed by atoms with van der Waals surface area (Å²) in [5.74, 6) is 0.850. The number of alkyl halides is 1. The second kappa shape index (κ2) is 8.69. The molecule has 0 amide bonds. The van der Waals surface area contributed by atoms with Crippen LogP contribution < -0.4 is 4.74 Å². The number of rotatable bonds is 2. The SMILES string of the molecule is CCCI.COc1cccc(S)c1. The summed E-state index contributed by atoms with van der Waals surface area (Å²) in [5, 5.41) is 0. The molecule has 0 saturated carbocycles. The van der Waals surface area contributed by atoms with Crippen molar-refractivity contribution in [2.24, 2.45) is 0 Å². The molecule has 74 valence electrons. The molecule has 0 aromatic heterocycles. The third-order valence-corrected chi connectivity index (χ3v) is 2.60. The van der Waals surface area contributed by atoms with E-state index < -0.39 is 0 Å². The van der Waals surface area contributed by atoms with E-state index in [1.54, 1.807) is 7.11 Å². The van der Waals surface area contributed by atoms with Gasteiger partial charge in [-0.25, -0.2) is 0 Å². The van der Waals surface area contributed by atoms with Crippen molar-refractivity contribution in [3.05, 3.63) is 24.3 Å². The molecule has 0 spiro atoms. The van der Waals surface area contributed by atoms with Crippen LogP contribution in [0.25, 0.3) is 0 Å². The molecule has 1 rings (SSSR count). The lowest BCUT2D eigenvalue weighted by molar-refractivity contribution is 0.413. The van der Waals surface area contributed by atoms with Crippen LogP contribution in [-0.4, -0.2) is 11.5 Å². The standard InChI is InChI=1S/C7H8OS.C3H7I/c1-8-6-3-2-4-7(9)5-6;1-2-3-4/h2-5,9H,1H3;2-3H2,1H3. The summed E-state index contributed by atoms with van der Waals surface area (Å²) in [4.78, 5) is 0.925. The summed E-state index contributed by atoms with van der Waals surface area (Å²) in [6, 6.07) is 7.57. The molecule has 1 nitrogen and oxygen atoms in total. The van der Waals surface area contributed by atoms with E-state index in [9.17, 15) is 0 Å². The van der Waals surface area contributed by atoms with Gasteiger partial charge in [0.05, 0.1) is 7.11 Å². The molecule has 13 heavy (non-hydrogen) atoms. The van der Waals surface area contributed by atoms with E-state index in [2.05, 4.69) is 42.1 Å². The Morgan fingerprint density at radius 1 is 1.46 bits per heavy atom. The Morgan fingerprint density at radius 2 is 2.08 bits per heavy atom. The number of methoxy groups -OCH3 is 1. The first-order chi connectivity index (χ1) is 6.24. The van der Waals surface area contributed by atoms with Crippen LogP contribution in [-0.2, 0) is 0 Å². The van der Waals surface area contributed by atoms with Gasteiger partial charge in [0.1, 0.15) is 5.75 Å². The maximum atomic E-state index is 4.95. The summed E-state index contributed by atoms with van der Waals surface area (Å²) in [5.41, 5.74) is 0. The zero-order valence-electron chi connectivity index (χ0n) is 7.96. The number of thiol groups is 1. The van der Waals surface area contributed by atoms with E-state index >= 15 is 0 Å². The van der Waals surface area contributed by atoms with Gasteiger partial charge in [-0.15, -0.1) is 12.6 Å². The third-order valence-electron chi connectivity index (χ3n) is 1.24. The van der Waals surface area contributed by atoms with Crippen LogP contribution in [0, 0.1) is 0 Å². The Labute approximate surface area is 99.4 Å². The number of benzene rings is 1. The molecular formula is C10H15IOS. The highest BCUT2D eigenvalue weighted by molar-refractivity contribution is 14.1. The first-order valence-electron chi connectivity index (χ1n) is 4.13. The Bertz CT molecular complexity index is 226. The highest BCUT2D eigenvalue weighted by atomic mass is 127. The van der Waals surface area contributed by atoms with E-state index in [-0.39, 0.29) is 0 Å². The molecule has 3 heteroatoms. The first kappa shape index (κ1) is 13.1. The van der Waals surface area contributed by atoms with Gasteiger partial charge in [-0.05, 0) is 29.0 Å². The lowest BCUT2D eigenvalue weighted by Gasteiger charge is -1.97. The molecule has 0 unspecified atom stereocenters. The summed E-state index contributed by atoms with van der Waals surface area (Å²) in [6.07, 6.45) is 1.31. The van der Waals surface area contributed by atoms with E-state index in [0.29, 0.717) is 0 Å². The van der Waals surface area contributed by atoms with E-state index in [1.165, 1.54) is 10.8 Å². The molecule has 0 bridgehead atoms. The van der Waals surface area contributed by atoms with Crippen molar-refractivity contribution < 1.29 is 4.74 Å². The van der Waals surface area contributed by atoms with Crippen molar-refractivity contribution in [1.29, 1.82) is 0 Å². The zero-order chi connectivity index (χ0) is 10.1. The molecule has 0 heterocycles. The molecule has 0 aliphatic rings. The predicted molar refractivity (Wildman–Crippen MR) is 69.4 cm³/mol. The first-order valence-corrected chi connectivity index (χ1v) is 6.10. The Balaban J connectivity index is 0.000000310. The minimum Gasteiger partial charge on any atom is -0.497 e. The normalized spacial score (nSPS) is 8.62. The summed E-state index contributed by atoms with van der Waals surface area (Å²) < 4.78 is 6.24. The fourth-order valence-electron chi connectivity index (χ4n) is 0.610. The van der Waals surface area contributed by atoms with Crippen LogP contribution >= 0.6 is 35.2 Å². The molecule has 0 radical (unpaired) electrons. The van der Waals surface area contributed by atoms with Crippen LogP contribution in [0.15, 0.2) is 29.2 Å². The van der Waals surface area contributed by atoms with Gasteiger partial charge in [0, 0.05) is 4.90 Å². The molecule has 0 atom stereocenters. The number of hydrogen-bond acceptors (Lipinski definition) is 2. The van der Waals surface area contributed by atoms with Crippen LogP contribution in [0.2, 0.25) is 0 Å². The molecule has 0 fully saturated rings. The summed E-state index contributed by atoms with van der Waals surface area (Å²) >= 11 is 6.48. The summed E-state index contributed by atoms with van der Waals surface area (Å²) in [7, 11) is 1.64. The average Bonchev–Trinajstić information content (AvgIpc) is 2.18. The highest BCUT2D eigenvalue weighted by Gasteiger charge is 1.87. The fraction of sp³-hybridized carbons (Fsp3) is 0.400. The predicted octanol–water partition coefficient (Wildman–Crippen LogP) is 3.82. The van der Waals surface area contributed by atoms with E-state index in [0.717, 1.165) is 10.6 Å². The van der Waals surface area contributed by atoms with Crippen LogP contribution in [0.4, 0.5) is 0 Å². The van der Waals surface area contributed by atoms with Gasteiger partial charge >= 0.3 is 0 Å². The van der Waals surface area contributed by atoms with Crippen molar-refractivity contribution in [1.82, 2.24) is 0 Å². The van der Waals surface area contributed by atoms with Crippen molar-refractivity contribution >= 4 is 35.2 Å². The number of hydrogen-bond donors (Lipinski definition) is 1. The van der Waals surface area contributed by atoms with Crippen molar-refractivity contribution in [2.75, 3.05) is 11.5 Å². The largest absolute Gasteiger partial charge is 0.497 e. The van der Waals surface area contributed by atoms with E-state index in [4.69, 9.17) is 4.74 Å². The third kappa shape index (κ3) is 7.19. The van der Waals surface area contributed by atoms with E-state index in [1.807, 2.05) is 24.3 Å². The van der Waals surface area contributed by atoms with Gasteiger partial charge in [0.15, 0.2) is 0 Å². The van der Waals surface area contributed by atoms with Gasteiger partial charge in [-0.3, -0.25) is 0 Å². The minimum atomic E-state index is 0.850. The highest BCUT2D eigenvalue weighted by Crippen LogP contribution is 2.14. The van der Waals surface area contributed by atoms with Crippen molar-refractivity contribution in [2.45, 2.75) is 18.2 Å².